The van der Waals surface area contributed by atoms with Gasteiger partial charge in [-0.3, -0.25) is 4.79 Å². The van der Waals surface area contributed by atoms with E-state index >= 15 is 0 Å². The smallest absolute Gasteiger partial charge is 0.254 e. The van der Waals surface area contributed by atoms with Crippen molar-refractivity contribution in [3.8, 4) is 0 Å². The fourth-order valence-corrected chi connectivity index (χ4v) is 4.41. The lowest BCUT2D eigenvalue weighted by molar-refractivity contribution is 0.0630. The molecule has 1 fully saturated rings. The van der Waals surface area contributed by atoms with Gasteiger partial charge in [0.15, 0.2) is 0 Å². The monoisotopic (exact) mass is 396 g/mol. The van der Waals surface area contributed by atoms with Crippen molar-refractivity contribution < 1.29 is 4.79 Å². The summed E-state index contributed by atoms with van der Waals surface area (Å²) in [6, 6.07) is 22.2. The molecule has 0 radical (unpaired) electrons. The van der Waals surface area contributed by atoms with E-state index in [9.17, 15) is 4.79 Å². The molecule has 5 rings (SSSR count). The molecule has 0 spiro atoms. The van der Waals surface area contributed by atoms with Crippen LogP contribution in [0.25, 0.3) is 21.7 Å². The number of nitrogens with zero attached hydrogens (tertiary/aromatic N) is 3. The number of nitrogens with one attached hydrogen (secondary N) is 1. The number of fused-ring (bicyclic) bond motifs is 2. The van der Waals surface area contributed by atoms with E-state index in [0.717, 1.165) is 58.9 Å². The third kappa shape index (κ3) is 3.47. The molecule has 5 heteroatoms. The van der Waals surface area contributed by atoms with Gasteiger partial charge in [0.05, 0.1) is 5.52 Å². The van der Waals surface area contributed by atoms with Crippen LogP contribution in [0.1, 0.15) is 29.6 Å². The zero-order valence-corrected chi connectivity index (χ0v) is 16.8. The molecule has 3 aromatic carbocycles. The summed E-state index contributed by atoms with van der Waals surface area (Å²) in [4.78, 5) is 24.3. The second-order valence-electron chi connectivity index (χ2n) is 7.80. The largest absolute Gasteiger partial charge is 0.367 e. The Bertz CT molecular complexity index is 1200. The lowest BCUT2D eigenvalue weighted by Crippen LogP contribution is -2.47. The lowest BCUT2D eigenvalue weighted by Gasteiger charge is -2.36. The summed E-state index contributed by atoms with van der Waals surface area (Å²) >= 11 is 0. The molecular weight excluding hydrogens is 372 g/mol. The Balaban J connectivity index is 1.40. The second-order valence-corrected chi connectivity index (χ2v) is 7.80. The van der Waals surface area contributed by atoms with E-state index in [-0.39, 0.29) is 11.9 Å². The van der Waals surface area contributed by atoms with Gasteiger partial charge in [0.25, 0.3) is 5.91 Å². The molecule has 1 unspecified atom stereocenters. The Morgan fingerprint density at radius 3 is 2.67 bits per heavy atom. The predicted octanol–water partition coefficient (Wildman–Crippen LogP) is 4.89. The number of rotatable bonds is 4. The van der Waals surface area contributed by atoms with Crippen LogP contribution < -0.4 is 5.32 Å². The number of hydrogen-bond acceptors (Lipinski definition) is 4. The first-order chi connectivity index (χ1) is 14.8. The van der Waals surface area contributed by atoms with Crippen molar-refractivity contribution in [3.63, 3.8) is 0 Å². The van der Waals surface area contributed by atoms with Crippen LogP contribution in [-0.2, 0) is 0 Å². The summed E-state index contributed by atoms with van der Waals surface area (Å²) in [6.07, 6.45) is 4.76. The van der Waals surface area contributed by atoms with Crippen LogP contribution in [0.2, 0.25) is 0 Å². The molecule has 30 heavy (non-hydrogen) atoms. The third-order valence-corrected chi connectivity index (χ3v) is 5.96. The van der Waals surface area contributed by atoms with Gasteiger partial charge in [0.2, 0.25) is 0 Å². The Morgan fingerprint density at radius 1 is 0.933 bits per heavy atom. The van der Waals surface area contributed by atoms with E-state index in [2.05, 4.69) is 27.4 Å². The van der Waals surface area contributed by atoms with Crippen LogP contribution >= 0.6 is 0 Å². The molecule has 5 nitrogen and oxygen atoms in total. The number of piperidine rings is 1. The fourth-order valence-electron chi connectivity index (χ4n) is 4.41. The first-order valence-electron chi connectivity index (χ1n) is 10.5. The summed E-state index contributed by atoms with van der Waals surface area (Å²) < 4.78 is 0. The number of benzene rings is 3. The molecule has 1 aliphatic rings. The van der Waals surface area contributed by atoms with Crippen molar-refractivity contribution in [2.24, 2.45) is 0 Å². The molecule has 1 aliphatic heterocycles. The second kappa shape index (κ2) is 8.11. The maximum absolute atomic E-state index is 13.5. The van der Waals surface area contributed by atoms with Crippen LogP contribution in [0.5, 0.6) is 0 Å². The molecule has 0 saturated carbocycles. The van der Waals surface area contributed by atoms with Crippen molar-refractivity contribution in [1.29, 1.82) is 0 Å². The summed E-state index contributed by atoms with van der Waals surface area (Å²) in [5, 5.41) is 6.61. The predicted molar refractivity (Wildman–Crippen MR) is 121 cm³/mol. The third-order valence-electron chi connectivity index (χ3n) is 5.96. The lowest BCUT2D eigenvalue weighted by atomic mass is 9.98. The van der Waals surface area contributed by atoms with Crippen LogP contribution in [0.15, 0.2) is 73.1 Å². The Hall–Kier alpha value is -3.47. The first-order valence-corrected chi connectivity index (χ1v) is 10.5. The van der Waals surface area contributed by atoms with Gasteiger partial charge < -0.3 is 10.2 Å². The number of carbonyl (C=O) groups is 1. The van der Waals surface area contributed by atoms with Crippen LogP contribution in [-0.4, -0.2) is 39.9 Å². The van der Waals surface area contributed by atoms with E-state index in [1.165, 1.54) is 0 Å². The summed E-state index contributed by atoms with van der Waals surface area (Å²) in [6.45, 7) is 1.47. The van der Waals surface area contributed by atoms with Crippen LogP contribution in [0.4, 0.5) is 5.82 Å². The van der Waals surface area contributed by atoms with Crippen molar-refractivity contribution >= 4 is 33.4 Å². The molecule has 150 valence electrons. The molecule has 1 atom stereocenters. The molecule has 2 heterocycles. The van der Waals surface area contributed by atoms with Gasteiger partial charge in [-0.15, -0.1) is 0 Å². The minimum absolute atomic E-state index is 0.117. The topological polar surface area (TPSA) is 58.1 Å². The Labute approximate surface area is 175 Å². The number of carbonyl (C=O) groups excluding carboxylic acids is 1. The average molecular weight is 396 g/mol. The van der Waals surface area contributed by atoms with E-state index in [1.54, 1.807) is 6.33 Å². The number of anilines is 1. The van der Waals surface area contributed by atoms with Crippen LogP contribution in [0, 0.1) is 0 Å². The minimum Gasteiger partial charge on any atom is -0.367 e. The van der Waals surface area contributed by atoms with Gasteiger partial charge >= 0.3 is 0 Å². The van der Waals surface area contributed by atoms with E-state index < -0.39 is 0 Å². The highest BCUT2D eigenvalue weighted by Crippen LogP contribution is 2.25. The van der Waals surface area contributed by atoms with Gasteiger partial charge in [-0.05, 0) is 48.2 Å². The Kier molecular flexibility index (Phi) is 5.01. The molecule has 0 bridgehead atoms. The van der Waals surface area contributed by atoms with Crippen molar-refractivity contribution in [2.45, 2.75) is 25.3 Å². The average Bonchev–Trinajstić information content (AvgIpc) is 2.82. The zero-order valence-electron chi connectivity index (χ0n) is 16.8. The molecule has 4 aromatic rings. The highest BCUT2D eigenvalue weighted by Gasteiger charge is 2.28. The van der Waals surface area contributed by atoms with Gasteiger partial charge in [-0.25, -0.2) is 9.97 Å². The highest BCUT2D eigenvalue weighted by molar-refractivity contribution is 6.07. The van der Waals surface area contributed by atoms with Gasteiger partial charge in [-0.2, -0.15) is 0 Å². The number of likely N-dealkylation sites (tertiary alicyclic amines) is 1. The first kappa shape index (κ1) is 18.6. The quantitative estimate of drug-likeness (QED) is 0.534. The highest BCUT2D eigenvalue weighted by atomic mass is 16.2. The minimum atomic E-state index is 0.117. The standard InChI is InChI=1S/C25H24N4O/c30-25(21-13-7-9-18-8-1-2-11-20(18)21)29-15-6-5-10-19(29)16-26-24-22-12-3-4-14-23(22)27-17-28-24/h1-4,7-9,11-14,17,19H,5-6,10,15-16H2,(H,26,27,28). The van der Waals surface area contributed by atoms with Crippen molar-refractivity contribution in [1.82, 2.24) is 14.9 Å². The molecule has 1 N–H and O–H groups in total. The van der Waals surface area contributed by atoms with E-state index in [4.69, 9.17) is 0 Å². The van der Waals surface area contributed by atoms with E-state index in [1.807, 2.05) is 59.5 Å². The van der Waals surface area contributed by atoms with Crippen molar-refractivity contribution in [3.05, 3.63) is 78.6 Å². The summed E-state index contributed by atoms with van der Waals surface area (Å²) in [5.74, 6) is 0.939. The van der Waals surface area contributed by atoms with Gasteiger partial charge in [-0.1, -0.05) is 48.5 Å². The summed E-state index contributed by atoms with van der Waals surface area (Å²) in [5.41, 5.74) is 1.70. The number of amides is 1. The summed E-state index contributed by atoms with van der Waals surface area (Å²) in [7, 11) is 0. The van der Waals surface area contributed by atoms with Gasteiger partial charge in [0.1, 0.15) is 12.1 Å². The van der Waals surface area contributed by atoms with Crippen molar-refractivity contribution in [2.75, 3.05) is 18.4 Å². The zero-order chi connectivity index (χ0) is 20.3. The van der Waals surface area contributed by atoms with E-state index in [0.29, 0.717) is 6.54 Å². The molecule has 0 aliphatic carbocycles. The number of aromatic nitrogens is 2. The molecular formula is C25H24N4O. The number of para-hydroxylation sites is 1. The molecule has 1 saturated heterocycles. The maximum Gasteiger partial charge on any atom is 0.254 e. The fraction of sp³-hybridized carbons (Fsp3) is 0.240. The maximum atomic E-state index is 13.5. The Morgan fingerprint density at radius 2 is 1.73 bits per heavy atom. The SMILES string of the molecule is O=C(c1cccc2ccccc12)N1CCCCC1CNc1ncnc2ccccc12. The number of hydrogen-bond donors (Lipinski definition) is 1. The molecule has 1 amide bonds. The van der Waals surface area contributed by atoms with Crippen LogP contribution in [0.3, 0.4) is 0 Å². The van der Waals surface area contributed by atoms with Gasteiger partial charge in [0, 0.05) is 30.1 Å². The normalized spacial score (nSPS) is 16.7. The molecule has 1 aromatic heterocycles.